The first-order valence-corrected chi connectivity index (χ1v) is 5.37. The molecule has 0 radical (unpaired) electrons. The molecule has 0 fully saturated rings. The first-order chi connectivity index (χ1) is 8.59. The summed E-state index contributed by atoms with van der Waals surface area (Å²) in [6, 6.07) is 8.26. The fraction of sp³-hybridized carbons (Fsp3) is 0. The minimum Gasteiger partial charge on any atom is -0.398 e. The fourth-order valence-corrected chi connectivity index (χ4v) is 2.19. The van der Waals surface area contributed by atoms with E-state index in [1.165, 1.54) is 12.1 Å². The molecule has 3 nitrogen and oxygen atoms in total. The van der Waals surface area contributed by atoms with Crippen molar-refractivity contribution in [2.45, 2.75) is 0 Å². The molecule has 2 aromatic carbocycles. The lowest BCUT2D eigenvalue weighted by atomic mass is 9.83. The standard InChI is InChI=1S/C14H8FNO2/c15-7-4-5-8-10(6-7)13(17)9-2-1-3-11(16)12(9)14(8)18/h1-6H,16H2. The molecule has 0 atom stereocenters. The Morgan fingerprint density at radius 2 is 1.67 bits per heavy atom. The van der Waals surface area contributed by atoms with Gasteiger partial charge in [0.25, 0.3) is 0 Å². The largest absolute Gasteiger partial charge is 0.398 e. The summed E-state index contributed by atoms with van der Waals surface area (Å²) in [5, 5.41) is 0. The summed E-state index contributed by atoms with van der Waals surface area (Å²) in [5.74, 6) is -1.24. The molecule has 1 aliphatic rings. The van der Waals surface area contributed by atoms with Crippen molar-refractivity contribution >= 4 is 17.3 Å². The van der Waals surface area contributed by atoms with Gasteiger partial charge in [0.1, 0.15) is 5.82 Å². The molecule has 3 rings (SSSR count). The maximum atomic E-state index is 13.2. The second-order valence-electron chi connectivity index (χ2n) is 4.12. The molecule has 0 amide bonds. The second-order valence-corrected chi connectivity index (χ2v) is 4.12. The Hall–Kier alpha value is -2.49. The average Bonchev–Trinajstić information content (AvgIpc) is 2.35. The van der Waals surface area contributed by atoms with Gasteiger partial charge in [0, 0.05) is 22.4 Å². The molecule has 1 aliphatic carbocycles. The third kappa shape index (κ3) is 1.29. The number of carbonyl (C=O) groups is 2. The van der Waals surface area contributed by atoms with Crippen molar-refractivity contribution in [1.82, 2.24) is 0 Å². The fourth-order valence-electron chi connectivity index (χ4n) is 2.19. The van der Waals surface area contributed by atoms with Gasteiger partial charge in [-0.2, -0.15) is 0 Å². The van der Waals surface area contributed by atoms with Gasteiger partial charge in [0.15, 0.2) is 11.6 Å². The van der Waals surface area contributed by atoms with Crippen LogP contribution < -0.4 is 5.73 Å². The molecule has 2 N–H and O–H groups in total. The molecule has 0 aliphatic heterocycles. The maximum Gasteiger partial charge on any atom is 0.196 e. The van der Waals surface area contributed by atoms with Crippen LogP contribution in [0.25, 0.3) is 0 Å². The minimum atomic E-state index is -0.540. The van der Waals surface area contributed by atoms with Crippen molar-refractivity contribution in [1.29, 1.82) is 0 Å². The van der Waals surface area contributed by atoms with Gasteiger partial charge in [-0.25, -0.2) is 4.39 Å². The van der Waals surface area contributed by atoms with Crippen molar-refractivity contribution in [3.05, 3.63) is 64.5 Å². The summed E-state index contributed by atoms with van der Waals surface area (Å²) >= 11 is 0. The SMILES string of the molecule is Nc1cccc2c1C(=O)c1ccc(F)cc1C2=O. The molecule has 0 aromatic heterocycles. The lowest BCUT2D eigenvalue weighted by molar-refractivity contribution is 0.0979. The molecule has 88 valence electrons. The van der Waals surface area contributed by atoms with E-state index in [-0.39, 0.29) is 39.5 Å². The van der Waals surface area contributed by atoms with Gasteiger partial charge in [0.2, 0.25) is 0 Å². The van der Waals surface area contributed by atoms with Crippen LogP contribution in [0.15, 0.2) is 36.4 Å². The molecule has 0 bridgehead atoms. The van der Waals surface area contributed by atoms with Gasteiger partial charge >= 0.3 is 0 Å². The van der Waals surface area contributed by atoms with E-state index < -0.39 is 5.82 Å². The first kappa shape index (κ1) is 10.7. The van der Waals surface area contributed by atoms with Crippen molar-refractivity contribution < 1.29 is 14.0 Å². The number of anilines is 1. The van der Waals surface area contributed by atoms with Crippen LogP contribution in [-0.2, 0) is 0 Å². The zero-order valence-corrected chi connectivity index (χ0v) is 9.24. The van der Waals surface area contributed by atoms with E-state index in [1.54, 1.807) is 12.1 Å². The number of nitrogen functional groups attached to an aromatic ring is 1. The van der Waals surface area contributed by atoms with Crippen LogP contribution in [0.5, 0.6) is 0 Å². The summed E-state index contributed by atoms with van der Waals surface area (Å²) in [4.78, 5) is 24.4. The van der Waals surface area contributed by atoms with Gasteiger partial charge < -0.3 is 5.73 Å². The van der Waals surface area contributed by atoms with E-state index >= 15 is 0 Å². The van der Waals surface area contributed by atoms with Crippen LogP contribution in [0.4, 0.5) is 10.1 Å². The average molecular weight is 241 g/mol. The topological polar surface area (TPSA) is 60.2 Å². The van der Waals surface area contributed by atoms with E-state index in [0.717, 1.165) is 12.1 Å². The highest BCUT2D eigenvalue weighted by Gasteiger charge is 2.31. The molecule has 0 saturated heterocycles. The summed E-state index contributed by atoms with van der Waals surface area (Å²) in [6.07, 6.45) is 0. The Morgan fingerprint density at radius 3 is 2.44 bits per heavy atom. The van der Waals surface area contributed by atoms with Crippen molar-refractivity contribution in [3.8, 4) is 0 Å². The zero-order chi connectivity index (χ0) is 12.9. The third-order valence-corrected chi connectivity index (χ3v) is 3.04. The van der Waals surface area contributed by atoms with Gasteiger partial charge in [-0.05, 0) is 24.3 Å². The number of hydrogen-bond donors (Lipinski definition) is 1. The normalized spacial score (nSPS) is 13.2. The molecule has 18 heavy (non-hydrogen) atoms. The maximum absolute atomic E-state index is 13.2. The van der Waals surface area contributed by atoms with Crippen molar-refractivity contribution in [2.75, 3.05) is 5.73 Å². The highest BCUT2D eigenvalue weighted by atomic mass is 19.1. The molecule has 0 spiro atoms. The summed E-state index contributed by atoms with van der Waals surface area (Å²) in [6.45, 7) is 0. The van der Waals surface area contributed by atoms with Gasteiger partial charge in [-0.3, -0.25) is 9.59 Å². The molecule has 0 heterocycles. The number of halogens is 1. The van der Waals surface area contributed by atoms with E-state index in [1.807, 2.05) is 0 Å². The molecular formula is C14H8FNO2. The van der Waals surface area contributed by atoms with Crippen LogP contribution in [0.2, 0.25) is 0 Å². The van der Waals surface area contributed by atoms with Crippen LogP contribution in [-0.4, -0.2) is 11.6 Å². The molecule has 4 heteroatoms. The van der Waals surface area contributed by atoms with Gasteiger partial charge in [-0.15, -0.1) is 0 Å². The number of carbonyl (C=O) groups excluding carboxylic acids is 2. The van der Waals surface area contributed by atoms with Gasteiger partial charge in [0.05, 0.1) is 5.56 Å². The quantitative estimate of drug-likeness (QED) is 0.614. The van der Waals surface area contributed by atoms with E-state index in [0.29, 0.717) is 0 Å². The highest BCUT2D eigenvalue weighted by Crippen LogP contribution is 2.30. The predicted octanol–water partition coefficient (Wildman–Crippen LogP) is 2.18. The number of hydrogen-bond acceptors (Lipinski definition) is 3. The molecular weight excluding hydrogens is 233 g/mol. The summed E-state index contributed by atoms with van der Waals surface area (Å²) < 4.78 is 13.2. The van der Waals surface area contributed by atoms with Crippen LogP contribution in [0.3, 0.4) is 0 Å². The summed E-state index contributed by atoms with van der Waals surface area (Å²) in [7, 11) is 0. The zero-order valence-electron chi connectivity index (χ0n) is 9.24. The number of benzene rings is 2. The summed E-state index contributed by atoms with van der Waals surface area (Å²) in [5.41, 5.74) is 6.74. The lowest BCUT2D eigenvalue weighted by Gasteiger charge is -2.18. The number of fused-ring (bicyclic) bond motifs is 2. The number of ketones is 2. The Bertz CT molecular complexity index is 703. The van der Waals surface area contributed by atoms with E-state index in [9.17, 15) is 14.0 Å². The first-order valence-electron chi connectivity index (χ1n) is 5.37. The van der Waals surface area contributed by atoms with Crippen LogP contribution >= 0.6 is 0 Å². The Balaban J connectivity index is 2.35. The number of rotatable bonds is 0. The second kappa shape index (κ2) is 3.50. The van der Waals surface area contributed by atoms with Crippen molar-refractivity contribution in [3.63, 3.8) is 0 Å². The highest BCUT2D eigenvalue weighted by molar-refractivity contribution is 6.30. The van der Waals surface area contributed by atoms with Crippen LogP contribution in [0, 0.1) is 5.82 Å². The lowest BCUT2D eigenvalue weighted by Crippen LogP contribution is -2.22. The molecule has 2 aromatic rings. The van der Waals surface area contributed by atoms with E-state index in [4.69, 9.17) is 5.73 Å². The van der Waals surface area contributed by atoms with Gasteiger partial charge in [-0.1, -0.05) is 12.1 Å². The Labute approximate surface area is 102 Å². The monoisotopic (exact) mass is 241 g/mol. The van der Waals surface area contributed by atoms with Crippen LogP contribution in [0.1, 0.15) is 31.8 Å². The smallest absolute Gasteiger partial charge is 0.196 e. The molecule has 0 saturated carbocycles. The number of nitrogens with two attached hydrogens (primary N) is 1. The predicted molar refractivity (Wildman–Crippen MR) is 64.1 cm³/mol. The Kier molecular flexibility index (Phi) is 2.07. The third-order valence-electron chi connectivity index (χ3n) is 3.04. The van der Waals surface area contributed by atoms with Crippen molar-refractivity contribution in [2.24, 2.45) is 0 Å². The van der Waals surface area contributed by atoms with E-state index in [2.05, 4.69) is 0 Å². The minimum absolute atomic E-state index is 0.0955. The molecule has 0 unspecified atom stereocenters. The Morgan fingerprint density at radius 1 is 0.889 bits per heavy atom.